The van der Waals surface area contributed by atoms with E-state index in [9.17, 15) is 8.42 Å². The standard InChI is InChI=1S/C15H26N2O2S/c1-3-9-17-15(6-5-12-20(18,19)4-2)13-14-7-10-16-11-8-14/h7-8,10-11,15,17H,3-6,9,12-13H2,1-2H3. The van der Waals surface area contributed by atoms with E-state index in [2.05, 4.69) is 17.2 Å². The van der Waals surface area contributed by atoms with Crippen molar-refractivity contribution in [2.24, 2.45) is 0 Å². The molecule has 1 aromatic heterocycles. The molecule has 1 heterocycles. The Bertz CT molecular complexity index is 460. The van der Waals surface area contributed by atoms with Crippen molar-refractivity contribution in [3.8, 4) is 0 Å². The van der Waals surface area contributed by atoms with Gasteiger partial charge in [-0.2, -0.15) is 0 Å². The van der Waals surface area contributed by atoms with Gasteiger partial charge in [0.1, 0.15) is 9.84 Å². The Labute approximate surface area is 122 Å². The molecule has 1 atom stereocenters. The number of hydrogen-bond acceptors (Lipinski definition) is 4. The minimum absolute atomic E-state index is 0.240. The maximum atomic E-state index is 11.5. The number of hydrogen-bond donors (Lipinski definition) is 1. The summed E-state index contributed by atoms with van der Waals surface area (Å²) < 4.78 is 23.0. The van der Waals surface area contributed by atoms with Gasteiger partial charge in [-0.25, -0.2) is 8.42 Å². The van der Waals surface area contributed by atoms with Crippen molar-refractivity contribution in [3.63, 3.8) is 0 Å². The number of nitrogens with one attached hydrogen (secondary N) is 1. The van der Waals surface area contributed by atoms with Gasteiger partial charge in [-0.05, 0) is 49.9 Å². The third kappa shape index (κ3) is 7.01. The molecule has 0 amide bonds. The fraction of sp³-hybridized carbons (Fsp3) is 0.667. The van der Waals surface area contributed by atoms with Crippen molar-refractivity contribution in [2.75, 3.05) is 18.1 Å². The summed E-state index contributed by atoms with van der Waals surface area (Å²) in [5.41, 5.74) is 1.24. The van der Waals surface area contributed by atoms with Gasteiger partial charge < -0.3 is 5.32 Å². The lowest BCUT2D eigenvalue weighted by molar-refractivity contribution is 0.471. The monoisotopic (exact) mass is 298 g/mol. The number of sulfone groups is 1. The van der Waals surface area contributed by atoms with Gasteiger partial charge in [-0.15, -0.1) is 0 Å². The fourth-order valence-corrected chi connectivity index (χ4v) is 3.02. The Morgan fingerprint density at radius 3 is 2.55 bits per heavy atom. The minimum atomic E-state index is -2.85. The van der Waals surface area contributed by atoms with E-state index >= 15 is 0 Å². The van der Waals surface area contributed by atoms with Crippen LogP contribution in [0.15, 0.2) is 24.5 Å². The van der Waals surface area contributed by atoms with E-state index in [4.69, 9.17) is 0 Å². The summed E-state index contributed by atoms with van der Waals surface area (Å²) in [6.07, 6.45) is 7.22. The van der Waals surface area contributed by atoms with Gasteiger partial charge in [0, 0.05) is 24.2 Å². The van der Waals surface area contributed by atoms with Crippen LogP contribution in [0.4, 0.5) is 0 Å². The van der Waals surface area contributed by atoms with Crippen LogP contribution < -0.4 is 5.32 Å². The molecule has 0 radical (unpaired) electrons. The van der Waals surface area contributed by atoms with Crippen LogP contribution in [0, 0.1) is 0 Å². The highest BCUT2D eigenvalue weighted by Gasteiger charge is 2.12. The van der Waals surface area contributed by atoms with Crippen LogP contribution >= 0.6 is 0 Å². The molecule has 114 valence electrons. The largest absolute Gasteiger partial charge is 0.314 e. The molecule has 0 bridgehead atoms. The first-order valence-corrected chi connectivity index (χ1v) is 9.22. The Hall–Kier alpha value is -0.940. The Balaban J connectivity index is 2.47. The fourth-order valence-electron chi connectivity index (χ4n) is 2.12. The van der Waals surface area contributed by atoms with Crippen molar-refractivity contribution in [2.45, 2.75) is 45.6 Å². The summed E-state index contributed by atoms with van der Waals surface area (Å²) in [6.45, 7) is 4.81. The molecular weight excluding hydrogens is 272 g/mol. The summed E-state index contributed by atoms with van der Waals surface area (Å²) in [5.74, 6) is 0.536. The van der Waals surface area contributed by atoms with E-state index in [0.29, 0.717) is 11.8 Å². The zero-order chi connectivity index (χ0) is 14.8. The molecular formula is C15H26N2O2S. The summed E-state index contributed by atoms with van der Waals surface area (Å²) in [7, 11) is -2.85. The molecule has 0 spiro atoms. The first-order valence-electron chi connectivity index (χ1n) is 7.40. The molecule has 20 heavy (non-hydrogen) atoms. The zero-order valence-electron chi connectivity index (χ0n) is 12.5. The van der Waals surface area contributed by atoms with Crippen LogP contribution in [0.1, 0.15) is 38.7 Å². The predicted molar refractivity (Wildman–Crippen MR) is 83.6 cm³/mol. The van der Waals surface area contributed by atoms with Crippen LogP contribution in [0.3, 0.4) is 0 Å². The molecule has 1 aromatic rings. The topological polar surface area (TPSA) is 59.1 Å². The van der Waals surface area contributed by atoms with Crippen molar-refractivity contribution in [3.05, 3.63) is 30.1 Å². The van der Waals surface area contributed by atoms with Gasteiger partial charge in [0.15, 0.2) is 0 Å². The van der Waals surface area contributed by atoms with E-state index in [0.717, 1.165) is 32.2 Å². The van der Waals surface area contributed by atoms with Crippen molar-refractivity contribution in [1.82, 2.24) is 10.3 Å². The molecule has 5 heteroatoms. The van der Waals surface area contributed by atoms with Crippen LogP contribution in [0.2, 0.25) is 0 Å². The van der Waals surface area contributed by atoms with E-state index in [1.165, 1.54) is 5.56 Å². The second-order valence-corrected chi connectivity index (χ2v) is 7.56. The van der Waals surface area contributed by atoms with Crippen LogP contribution in [0.25, 0.3) is 0 Å². The number of pyridine rings is 1. The van der Waals surface area contributed by atoms with Crippen LogP contribution in [-0.4, -0.2) is 37.5 Å². The molecule has 1 N–H and O–H groups in total. The molecule has 0 fully saturated rings. The summed E-state index contributed by atoms with van der Waals surface area (Å²) in [6, 6.07) is 4.37. The van der Waals surface area contributed by atoms with E-state index in [1.807, 2.05) is 12.1 Å². The van der Waals surface area contributed by atoms with Crippen molar-refractivity contribution < 1.29 is 8.42 Å². The molecule has 0 aliphatic rings. The molecule has 0 aliphatic heterocycles. The third-order valence-electron chi connectivity index (χ3n) is 3.36. The van der Waals surface area contributed by atoms with Gasteiger partial charge in [-0.1, -0.05) is 13.8 Å². The first-order chi connectivity index (χ1) is 9.57. The van der Waals surface area contributed by atoms with E-state index < -0.39 is 9.84 Å². The van der Waals surface area contributed by atoms with Gasteiger partial charge in [-0.3, -0.25) is 4.98 Å². The normalized spacial score (nSPS) is 13.3. The molecule has 1 rings (SSSR count). The van der Waals surface area contributed by atoms with Gasteiger partial charge in [0.05, 0.1) is 5.75 Å². The highest BCUT2D eigenvalue weighted by molar-refractivity contribution is 7.91. The first kappa shape index (κ1) is 17.1. The Morgan fingerprint density at radius 2 is 1.95 bits per heavy atom. The summed E-state index contributed by atoms with van der Waals surface area (Å²) in [5, 5.41) is 3.51. The SMILES string of the molecule is CCCNC(CCCS(=O)(=O)CC)Cc1ccncc1. The van der Waals surface area contributed by atoms with Crippen molar-refractivity contribution >= 4 is 9.84 Å². The number of rotatable bonds is 10. The maximum absolute atomic E-state index is 11.5. The molecule has 0 saturated heterocycles. The second kappa shape index (κ2) is 9.08. The zero-order valence-corrected chi connectivity index (χ0v) is 13.3. The average molecular weight is 298 g/mol. The van der Waals surface area contributed by atoms with E-state index in [-0.39, 0.29) is 5.75 Å². The lowest BCUT2D eigenvalue weighted by atomic mass is 10.0. The molecule has 1 unspecified atom stereocenters. The number of aromatic nitrogens is 1. The van der Waals surface area contributed by atoms with Crippen molar-refractivity contribution in [1.29, 1.82) is 0 Å². The van der Waals surface area contributed by atoms with Gasteiger partial charge >= 0.3 is 0 Å². The molecule has 4 nitrogen and oxygen atoms in total. The third-order valence-corrected chi connectivity index (χ3v) is 5.15. The summed E-state index contributed by atoms with van der Waals surface area (Å²) >= 11 is 0. The summed E-state index contributed by atoms with van der Waals surface area (Å²) in [4.78, 5) is 4.02. The molecule has 0 saturated carbocycles. The highest BCUT2D eigenvalue weighted by Crippen LogP contribution is 2.08. The lowest BCUT2D eigenvalue weighted by Gasteiger charge is -2.18. The molecule has 0 aliphatic carbocycles. The average Bonchev–Trinajstić information content (AvgIpc) is 2.45. The van der Waals surface area contributed by atoms with Gasteiger partial charge in [0.25, 0.3) is 0 Å². The highest BCUT2D eigenvalue weighted by atomic mass is 32.2. The van der Waals surface area contributed by atoms with Gasteiger partial charge in [0.2, 0.25) is 0 Å². The predicted octanol–water partition coefficient (Wildman–Crippen LogP) is 2.21. The Morgan fingerprint density at radius 1 is 1.25 bits per heavy atom. The number of nitrogens with zero attached hydrogens (tertiary/aromatic N) is 1. The second-order valence-electron chi connectivity index (χ2n) is 5.09. The van der Waals surface area contributed by atoms with Crippen LogP contribution in [0.5, 0.6) is 0 Å². The van der Waals surface area contributed by atoms with Crippen LogP contribution in [-0.2, 0) is 16.3 Å². The smallest absolute Gasteiger partial charge is 0.150 e. The lowest BCUT2D eigenvalue weighted by Crippen LogP contribution is -2.32. The molecule has 0 aromatic carbocycles. The quantitative estimate of drug-likeness (QED) is 0.719. The maximum Gasteiger partial charge on any atom is 0.150 e. The van der Waals surface area contributed by atoms with E-state index in [1.54, 1.807) is 19.3 Å². The Kier molecular flexibility index (Phi) is 7.77. The minimum Gasteiger partial charge on any atom is -0.314 e.